The number of hydrogen-bond donors (Lipinski definition) is 0. The molecule has 0 aliphatic rings. The Morgan fingerprint density at radius 2 is 1.74 bits per heavy atom. The molecule has 0 aliphatic heterocycles. The molecule has 118 valence electrons. The fraction of sp³-hybridized carbons (Fsp3) is 0.118. The lowest BCUT2D eigenvalue weighted by atomic mass is 10.0. The molecule has 0 aliphatic carbocycles. The topological polar surface area (TPSA) is 64.3 Å². The Balaban J connectivity index is 2.35. The molecular weight excluding hydrogens is 336 g/mol. The molecule has 0 bridgehead atoms. The largest absolute Gasteiger partial charge is 0.455 e. The molecule has 0 N–H and O–H groups in total. The zero-order valence-electron chi connectivity index (χ0n) is 12.2. The highest BCUT2D eigenvalue weighted by atomic mass is 35.7. The van der Waals surface area contributed by atoms with E-state index < -0.39 is 14.8 Å². The molecule has 4 nitrogen and oxygen atoms in total. The minimum atomic E-state index is -3.76. The van der Waals surface area contributed by atoms with Crippen molar-refractivity contribution in [3.8, 4) is 11.3 Å². The van der Waals surface area contributed by atoms with Crippen molar-refractivity contribution >= 4 is 30.7 Å². The molecule has 0 atom stereocenters. The van der Waals surface area contributed by atoms with Crippen LogP contribution in [-0.4, -0.2) is 8.42 Å². The summed E-state index contributed by atoms with van der Waals surface area (Å²) in [5.74, 6) is 0.0362. The van der Waals surface area contributed by atoms with Crippen LogP contribution in [0.15, 0.2) is 57.7 Å². The van der Waals surface area contributed by atoms with Gasteiger partial charge in [-0.1, -0.05) is 42.5 Å². The fourth-order valence-corrected chi connectivity index (χ4v) is 3.48. The van der Waals surface area contributed by atoms with Gasteiger partial charge in [-0.15, -0.1) is 0 Å². The van der Waals surface area contributed by atoms with Crippen molar-refractivity contribution in [2.24, 2.45) is 0 Å². The van der Waals surface area contributed by atoms with Crippen LogP contribution in [0, 0.1) is 6.92 Å². The fourth-order valence-electron chi connectivity index (χ4n) is 2.53. The Kier molecular flexibility index (Phi) is 4.00. The highest BCUT2D eigenvalue weighted by Crippen LogP contribution is 2.28. The summed E-state index contributed by atoms with van der Waals surface area (Å²) >= 11 is 0. The number of rotatable bonds is 3. The first-order chi connectivity index (χ1) is 10.9. The minimum absolute atomic E-state index is 0.182. The smallest absolute Gasteiger partial charge is 0.236 e. The van der Waals surface area contributed by atoms with E-state index in [0.29, 0.717) is 22.3 Å². The van der Waals surface area contributed by atoms with E-state index in [1.165, 1.54) is 0 Å². The second-order valence-corrected chi connectivity index (χ2v) is 8.01. The van der Waals surface area contributed by atoms with Crippen LogP contribution in [0.2, 0.25) is 0 Å². The number of halogens is 1. The molecule has 3 rings (SSSR count). The zero-order valence-corrected chi connectivity index (χ0v) is 13.8. The van der Waals surface area contributed by atoms with Gasteiger partial charge in [0.2, 0.25) is 9.05 Å². The predicted octanol–water partition coefficient (Wildman–Crippen LogP) is 3.84. The van der Waals surface area contributed by atoms with Gasteiger partial charge < -0.3 is 4.42 Å². The van der Waals surface area contributed by atoms with Crippen LogP contribution >= 0.6 is 10.7 Å². The molecule has 1 heterocycles. The third-order valence-corrected chi connectivity index (χ3v) is 4.57. The molecule has 23 heavy (non-hydrogen) atoms. The summed E-state index contributed by atoms with van der Waals surface area (Å²) in [5, 5.41) is 0.347. The molecule has 6 heteroatoms. The van der Waals surface area contributed by atoms with Crippen LogP contribution in [0.1, 0.15) is 11.1 Å². The molecule has 0 radical (unpaired) electrons. The Labute approximate surface area is 137 Å². The average Bonchev–Trinajstić information content (AvgIpc) is 2.51. The summed E-state index contributed by atoms with van der Waals surface area (Å²) in [6.45, 7) is 1.69. The molecule has 2 aromatic carbocycles. The van der Waals surface area contributed by atoms with E-state index >= 15 is 0 Å². The van der Waals surface area contributed by atoms with E-state index in [1.807, 2.05) is 30.3 Å². The van der Waals surface area contributed by atoms with Crippen LogP contribution < -0.4 is 5.43 Å². The first-order valence-corrected chi connectivity index (χ1v) is 9.38. The average molecular weight is 349 g/mol. The van der Waals surface area contributed by atoms with Crippen molar-refractivity contribution in [1.29, 1.82) is 0 Å². The maximum Gasteiger partial charge on any atom is 0.236 e. The third kappa shape index (κ3) is 3.16. The van der Waals surface area contributed by atoms with Crippen LogP contribution in [-0.2, 0) is 14.8 Å². The molecule has 0 spiro atoms. The van der Waals surface area contributed by atoms with Crippen LogP contribution in [0.4, 0.5) is 0 Å². The lowest BCUT2D eigenvalue weighted by Gasteiger charge is -2.09. The molecule has 0 fully saturated rings. The van der Waals surface area contributed by atoms with Gasteiger partial charge in [0.1, 0.15) is 11.3 Å². The Morgan fingerprint density at radius 3 is 2.39 bits per heavy atom. The van der Waals surface area contributed by atoms with Crippen molar-refractivity contribution in [3.05, 3.63) is 69.9 Å². The van der Waals surface area contributed by atoms with Crippen LogP contribution in [0.5, 0.6) is 0 Å². The molecule has 3 aromatic rings. The number of para-hydroxylation sites is 1. The summed E-state index contributed by atoms with van der Waals surface area (Å²) in [7, 11) is 1.59. The summed E-state index contributed by atoms with van der Waals surface area (Å²) < 4.78 is 28.7. The number of hydrogen-bond acceptors (Lipinski definition) is 4. The van der Waals surface area contributed by atoms with E-state index in [0.717, 1.165) is 5.56 Å². The van der Waals surface area contributed by atoms with E-state index in [1.54, 1.807) is 25.1 Å². The SMILES string of the molecule is Cc1c(-c2ccccc2)oc2c(CS(=O)(=O)Cl)cccc2c1=O. The normalized spacial score (nSPS) is 11.7. The Morgan fingerprint density at radius 1 is 1.04 bits per heavy atom. The highest BCUT2D eigenvalue weighted by molar-refractivity contribution is 8.13. The van der Waals surface area contributed by atoms with Crippen LogP contribution in [0.3, 0.4) is 0 Å². The Hall–Kier alpha value is -2.11. The van der Waals surface area contributed by atoms with Crippen molar-refractivity contribution in [2.75, 3.05) is 0 Å². The summed E-state index contributed by atoms with van der Waals surface area (Å²) in [6.07, 6.45) is 0. The third-order valence-electron chi connectivity index (χ3n) is 3.59. The first-order valence-electron chi connectivity index (χ1n) is 6.90. The molecule has 0 unspecified atom stereocenters. The Bertz CT molecular complexity index is 1040. The molecule has 0 saturated carbocycles. The van der Waals surface area contributed by atoms with Crippen molar-refractivity contribution in [3.63, 3.8) is 0 Å². The summed E-state index contributed by atoms with van der Waals surface area (Å²) in [6, 6.07) is 14.0. The first kappa shape index (κ1) is 15.8. The van der Waals surface area contributed by atoms with E-state index in [9.17, 15) is 13.2 Å². The molecular formula is C17H13ClO4S. The second kappa shape index (κ2) is 5.83. The van der Waals surface area contributed by atoms with Gasteiger partial charge >= 0.3 is 0 Å². The second-order valence-electron chi connectivity index (χ2n) is 5.23. The number of fused-ring (bicyclic) bond motifs is 1. The van der Waals surface area contributed by atoms with Gasteiger partial charge in [-0.2, -0.15) is 0 Å². The quantitative estimate of drug-likeness (QED) is 0.675. The van der Waals surface area contributed by atoms with E-state index in [-0.39, 0.29) is 11.0 Å². The van der Waals surface area contributed by atoms with Crippen molar-refractivity contribution in [2.45, 2.75) is 12.7 Å². The summed E-state index contributed by atoms with van der Waals surface area (Å²) in [5.41, 5.74) is 1.68. The maximum atomic E-state index is 12.6. The monoisotopic (exact) mass is 348 g/mol. The summed E-state index contributed by atoms with van der Waals surface area (Å²) in [4.78, 5) is 12.6. The maximum absolute atomic E-state index is 12.6. The molecule has 1 aromatic heterocycles. The van der Waals surface area contributed by atoms with Gasteiger partial charge in [0, 0.05) is 27.4 Å². The van der Waals surface area contributed by atoms with Crippen molar-refractivity contribution < 1.29 is 12.8 Å². The predicted molar refractivity (Wildman–Crippen MR) is 91.1 cm³/mol. The molecule has 0 amide bonds. The van der Waals surface area contributed by atoms with Gasteiger partial charge in [-0.3, -0.25) is 4.79 Å². The standard InChI is InChI=1S/C17H13ClO4S/c1-11-15(19)14-9-5-8-13(10-23(18,20)21)17(14)22-16(11)12-6-3-2-4-7-12/h2-9H,10H2,1H3. The van der Waals surface area contributed by atoms with Gasteiger partial charge in [0.25, 0.3) is 0 Å². The highest BCUT2D eigenvalue weighted by Gasteiger charge is 2.17. The van der Waals surface area contributed by atoms with Crippen LogP contribution in [0.25, 0.3) is 22.3 Å². The molecule has 0 saturated heterocycles. The van der Waals surface area contributed by atoms with Crippen molar-refractivity contribution in [1.82, 2.24) is 0 Å². The van der Waals surface area contributed by atoms with Gasteiger partial charge in [-0.25, -0.2) is 8.42 Å². The lowest BCUT2D eigenvalue weighted by molar-refractivity contribution is 0.601. The minimum Gasteiger partial charge on any atom is -0.455 e. The van der Waals surface area contributed by atoms with E-state index in [2.05, 4.69) is 0 Å². The van der Waals surface area contributed by atoms with Gasteiger partial charge in [0.05, 0.1) is 11.1 Å². The van der Waals surface area contributed by atoms with Gasteiger partial charge in [-0.05, 0) is 13.0 Å². The van der Waals surface area contributed by atoms with E-state index in [4.69, 9.17) is 15.1 Å². The zero-order chi connectivity index (χ0) is 16.6. The lowest BCUT2D eigenvalue weighted by Crippen LogP contribution is -2.09. The number of benzene rings is 2. The van der Waals surface area contributed by atoms with Gasteiger partial charge in [0.15, 0.2) is 5.43 Å².